The number of nitrogens with zero attached hydrogens (tertiary/aromatic N) is 2. The summed E-state index contributed by atoms with van der Waals surface area (Å²) < 4.78 is 6.49. The number of thiophene rings is 1. The van der Waals surface area contributed by atoms with E-state index in [1.54, 1.807) is 6.92 Å². The second-order valence-corrected chi connectivity index (χ2v) is 6.30. The summed E-state index contributed by atoms with van der Waals surface area (Å²) in [5.41, 5.74) is 0.473. The highest BCUT2D eigenvalue weighted by molar-refractivity contribution is 7.18. The number of aromatic nitrogens is 2. The van der Waals surface area contributed by atoms with Crippen molar-refractivity contribution in [2.24, 2.45) is 0 Å². The summed E-state index contributed by atoms with van der Waals surface area (Å²) in [6.07, 6.45) is 2.23. The highest BCUT2D eigenvalue weighted by Gasteiger charge is 2.32. The normalized spacial score (nSPS) is 17.9. The first-order valence-corrected chi connectivity index (χ1v) is 7.60. The van der Waals surface area contributed by atoms with Crippen molar-refractivity contribution in [1.29, 1.82) is 0 Å². The highest BCUT2D eigenvalue weighted by atomic mass is 32.1. The Balaban J connectivity index is 2.34. The Morgan fingerprint density at radius 1 is 1.57 bits per heavy atom. The van der Waals surface area contributed by atoms with Crippen LogP contribution < -0.4 is 5.56 Å². The summed E-state index contributed by atoms with van der Waals surface area (Å²) in [4.78, 5) is 30.3. The lowest BCUT2D eigenvalue weighted by atomic mass is 9.86. The van der Waals surface area contributed by atoms with Gasteiger partial charge in [-0.25, -0.2) is 4.98 Å². The first-order valence-electron chi connectivity index (χ1n) is 6.79. The first kappa shape index (κ1) is 14.2. The minimum atomic E-state index is -0.867. The summed E-state index contributed by atoms with van der Waals surface area (Å²) in [6.45, 7) is 1.88. The molecule has 0 saturated heterocycles. The third-order valence-electron chi connectivity index (χ3n) is 3.92. The summed E-state index contributed by atoms with van der Waals surface area (Å²) in [5.74, 6) is -0.885. The lowest BCUT2D eigenvalue weighted by Gasteiger charge is -2.19. The van der Waals surface area contributed by atoms with E-state index in [2.05, 4.69) is 4.98 Å². The molecule has 1 N–H and O–H groups in total. The molecule has 1 atom stereocenters. The van der Waals surface area contributed by atoms with Crippen LogP contribution in [0.25, 0.3) is 10.2 Å². The van der Waals surface area contributed by atoms with Crippen molar-refractivity contribution in [1.82, 2.24) is 9.55 Å². The van der Waals surface area contributed by atoms with Crippen LogP contribution in [-0.2, 0) is 22.7 Å². The fourth-order valence-corrected chi connectivity index (χ4v) is 4.26. The van der Waals surface area contributed by atoms with Gasteiger partial charge in [0.1, 0.15) is 17.4 Å². The number of hydrogen-bond acceptors (Lipinski definition) is 5. The number of hydrogen-bond donors (Lipinski definition) is 1. The maximum atomic E-state index is 12.7. The topological polar surface area (TPSA) is 81.4 Å². The van der Waals surface area contributed by atoms with Gasteiger partial charge in [-0.15, -0.1) is 11.3 Å². The predicted molar refractivity (Wildman–Crippen MR) is 78.9 cm³/mol. The van der Waals surface area contributed by atoms with E-state index in [4.69, 9.17) is 4.74 Å². The van der Waals surface area contributed by atoms with Gasteiger partial charge >= 0.3 is 5.97 Å². The van der Waals surface area contributed by atoms with Gasteiger partial charge in [-0.05, 0) is 31.7 Å². The van der Waals surface area contributed by atoms with Crippen molar-refractivity contribution >= 4 is 27.5 Å². The molecule has 112 valence electrons. The smallest absolute Gasteiger partial charge is 0.311 e. The highest BCUT2D eigenvalue weighted by Crippen LogP contribution is 2.40. The van der Waals surface area contributed by atoms with Crippen molar-refractivity contribution in [3.8, 4) is 0 Å². The largest absolute Gasteiger partial charge is 0.481 e. The van der Waals surface area contributed by atoms with Gasteiger partial charge in [0.05, 0.1) is 11.3 Å². The van der Waals surface area contributed by atoms with Gasteiger partial charge in [-0.2, -0.15) is 0 Å². The third kappa shape index (κ3) is 2.16. The molecule has 1 aliphatic carbocycles. The molecule has 2 heterocycles. The van der Waals surface area contributed by atoms with E-state index in [1.165, 1.54) is 23.0 Å². The number of carbonyl (C=O) groups is 1. The Bertz CT molecular complexity index is 777. The molecule has 0 amide bonds. The van der Waals surface area contributed by atoms with Crippen LogP contribution in [0, 0.1) is 6.92 Å². The number of aliphatic carboxylic acids is 1. The molecule has 1 unspecified atom stereocenters. The van der Waals surface area contributed by atoms with Crippen LogP contribution in [0.1, 0.15) is 35.0 Å². The fourth-order valence-electron chi connectivity index (χ4n) is 2.95. The maximum absolute atomic E-state index is 12.7. The van der Waals surface area contributed by atoms with Gasteiger partial charge in [0.2, 0.25) is 0 Å². The van der Waals surface area contributed by atoms with Crippen LogP contribution in [0.15, 0.2) is 4.79 Å². The molecule has 6 nitrogen and oxygen atoms in total. The molecule has 0 aliphatic heterocycles. The van der Waals surface area contributed by atoms with Crippen LogP contribution in [0.2, 0.25) is 0 Å². The monoisotopic (exact) mass is 308 g/mol. The van der Waals surface area contributed by atoms with Crippen LogP contribution >= 0.6 is 11.3 Å². The number of methoxy groups -OCH3 is 1. The van der Waals surface area contributed by atoms with Gasteiger partial charge in [0.25, 0.3) is 5.56 Å². The molecule has 21 heavy (non-hydrogen) atoms. The van der Waals surface area contributed by atoms with Crippen LogP contribution in [0.4, 0.5) is 0 Å². The fraction of sp³-hybridized carbons (Fsp3) is 0.500. The molecule has 0 fully saturated rings. The number of rotatable bonds is 3. The molecule has 2 aromatic heterocycles. The van der Waals surface area contributed by atoms with E-state index in [0.29, 0.717) is 28.0 Å². The SMILES string of the molecule is COCn1c(C)nc2sc3c(c2c1=O)C(C(=O)O)CCC3. The van der Waals surface area contributed by atoms with E-state index in [1.807, 2.05) is 0 Å². The van der Waals surface area contributed by atoms with Crippen molar-refractivity contribution in [2.75, 3.05) is 7.11 Å². The Kier molecular flexibility index (Phi) is 3.54. The Morgan fingerprint density at radius 3 is 3.00 bits per heavy atom. The zero-order valence-corrected chi connectivity index (χ0v) is 12.7. The molecule has 0 bridgehead atoms. The van der Waals surface area contributed by atoms with Gasteiger partial charge < -0.3 is 9.84 Å². The average molecular weight is 308 g/mol. The summed E-state index contributed by atoms with van der Waals surface area (Å²) in [7, 11) is 1.51. The van der Waals surface area contributed by atoms with Gasteiger partial charge in [0, 0.05) is 12.0 Å². The van der Waals surface area contributed by atoms with Crippen LogP contribution in [0.5, 0.6) is 0 Å². The molecule has 0 saturated carbocycles. The molecule has 1 aliphatic rings. The van der Waals surface area contributed by atoms with Crippen LogP contribution in [0.3, 0.4) is 0 Å². The molecular weight excluding hydrogens is 292 g/mol. The van der Waals surface area contributed by atoms with E-state index in [9.17, 15) is 14.7 Å². The van der Waals surface area contributed by atoms with E-state index in [-0.39, 0.29) is 12.3 Å². The Labute approximate surface area is 125 Å². The van der Waals surface area contributed by atoms with E-state index in [0.717, 1.165) is 17.7 Å². The number of carboxylic acid groups (broad SMARTS) is 1. The van der Waals surface area contributed by atoms with Crippen molar-refractivity contribution in [3.05, 3.63) is 26.6 Å². The third-order valence-corrected chi connectivity index (χ3v) is 5.08. The van der Waals surface area contributed by atoms with Crippen molar-refractivity contribution < 1.29 is 14.6 Å². The zero-order chi connectivity index (χ0) is 15.1. The minimum Gasteiger partial charge on any atom is -0.481 e. The summed E-state index contributed by atoms with van der Waals surface area (Å²) in [6, 6.07) is 0. The van der Waals surface area contributed by atoms with Gasteiger partial charge in [-0.1, -0.05) is 0 Å². The Morgan fingerprint density at radius 2 is 2.33 bits per heavy atom. The minimum absolute atomic E-state index is 0.121. The average Bonchev–Trinajstić information content (AvgIpc) is 2.81. The van der Waals surface area contributed by atoms with E-state index >= 15 is 0 Å². The number of fused-ring (bicyclic) bond motifs is 3. The summed E-state index contributed by atoms with van der Waals surface area (Å²) >= 11 is 1.45. The number of carboxylic acids is 1. The standard InChI is InChI=1S/C14H16N2O4S/c1-7-15-12-11(13(17)16(7)6-20-2)10-8(14(18)19)4-3-5-9(10)21-12/h8H,3-6H2,1-2H3,(H,18,19). The van der Waals surface area contributed by atoms with Crippen molar-refractivity contribution in [2.45, 2.75) is 38.8 Å². The van der Waals surface area contributed by atoms with Gasteiger partial charge in [0.15, 0.2) is 0 Å². The molecule has 3 rings (SSSR count). The molecule has 2 aromatic rings. The maximum Gasteiger partial charge on any atom is 0.311 e. The quantitative estimate of drug-likeness (QED) is 0.936. The van der Waals surface area contributed by atoms with Crippen LogP contribution in [-0.4, -0.2) is 27.7 Å². The van der Waals surface area contributed by atoms with Crippen molar-refractivity contribution in [3.63, 3.8) is 0 Å². The predicted octanol–water partition coefficient (Wildman–Crippen LogP) is 1.87. The first-order chi connectivity index (χ1) is 10.0. The summed E-state index contributed by atoms with van der Waals surface area (Å²) in [5, 5.41) is 9.89. The lowest BCUT2D eigenvalue weighted by molar-refractivity contribution is -0.139. The zero-order valence-electron chi connectivity index (χ0n) is 11.9. The molecule has 0 spiro atoms. The number of aryl methyl sites for hydroxylation is 2. The number of ether oxygens (including phenoxy) is 1. The van der Waals surface area contributed by atoms with Gasteiger partial charge in [-0.3, -0.25) is 14.2 Å². The molecule has 7 heteroatoms. The molecule has 0 aromatic carbocycles. The van der Waals surface area contributed by atoms with E-state index < -0.39 is 11.9 Å². The second kappa shape index (κ2) is 5.23. The molecule has 0 radical (unpaired) electrons. The Hall–Kier alpha value is -1.73. The second-order valence-electron chi connectivity index (χ2n) is 5.21. The lowest BCUT2D eigenvalue weighted by Crippen LogP contribution is -2.26. The molecular formula is C14H16N2O4S.